The second-order valence-corrected chi connectivity index (χ2v) is 4.76. The molecule has 0 bridgehead atoms. The van der Waals surface area contributed by atoms with Gasteiger partial charge in [0.1, 0.15) is 24.7 Å². The molecule has 0 fully saturated rings. The van der Waals surface area contributed by atoms with Gasteiger partial charge in [0.05, 0.1) is 0 Å². The summed E-state index contributed by atoms with van der Waals surface area (Å²) in [6, 6.07) is 10.7. The fraction of sp³-hybridized carbons (Fsp3) is 0.214. The van der Waals surface area contributed by atoms with Gasteiger partial charge in [-0.2, -0.15) is 0 Å². The van der Waals surface area contributed by atoms with Crippen molar-refractivity contribution in [1.82, 2.24) is 0 Å². The Labute approximate surface area is 119 Å². The number of carbonyl (C=O) groups excluding carboxylic acids is 1. The average molecular weight is 325 g/mol. The molecule has 2 rings (SSSR count). The molecule has 0 atom stereocenters. The number of furan rings is 1. The second kappa shape index (κ2) is 6.43. The SMILES string of the molecule is Cc1ccc(C(=O)OCCOc2ccc(Br)cc2)o1. The predicted molar refractivity (Wildman–Crippen MR) is 73.4 cm³/mol. The highest BCUT2D eigenvalue weighted by Crippen LogP contribution is 2.16. The number of hydrogen-bond acceptors (Lipinski definition) is 4. The minimum atomic E-state index is -0.479. The summed E-state index contributed by atoms with van der Waals surface area (Å²) in [6.45, 7) is 2.25. The summed E-state index contributed by atoms with van der Waals surface area (Å²) in [5.41, 5.74) is 0. The Morgan fingerprint density at radius 2 is 1.89 bits per heavy atom. The fourth-order valence-corrected chi connectivity index (χ4v) is 1.70. The van der Waals surface area contributed by atoms with Crippen LogP contribution in [-0.2, 0) is 4.74 Å². The van der Waals surface area contributed by atoms with Gasteiger partial charge in [0.25, 0.3) is 0 Å². The van der Waals surface area contributed by atoms with E-state index < -0.39 is 5.97 Å². The molecule has 2 aromatic rings. The lowest BCUT2D eigenvalue weighted by Crippen LogP contribution is -2.11. The van der Waals surface area contributed by atoms with E-state index >= 15 is 0 Å². The summed E-state index contributed by atoms with van der Waals surface area (Å²) in [5.74, 6) is 1.14. The van der Waals surface area contributed by atoms with Crippen molar-refractivity contribution in [3.8, 4) is 5.75 Å². The van der Waals surface area contributed by atoms with Crippen molar-refractivity contribution in [2.45, 2.75) is 6.92 Å². The zero-order chi connectivity index (χ0) is 13.7. The zero-order valence-electron chi connectivity index (χ0n) is 10.4. The van der Waals surface area contributed by atoms with Crippen molar-refractivity contribution in [3.05, 3.63) is 52.4 Å². The highest BCUT2D eigenvalue weighted by Gasteiger charge is 2.10. The summed E-state index contributed by atoms with van der Waals surface area (Å²) in [7, 11) is 0. The van der Waals surface area contributed by atoms with Gasteiger partial charge < -0.3 is 13.9 Å². The first-order valence-corrected chi connectivity index (χ1v) is 6.56. The van der Waals surface area contributed by atoms with Gasteiger partial charge in [-0.25, -0.2) is 4.79 Å². The largest absolute Gasteiger partial charge is 0.490 e. The summed E-state index contributed by atoms with van der Waals surface area (Å²) in [4.78, 5) is 11.5. The van der Waals surface area contributed by atoms with Crippen LogP contribution in [0.25, 0.3) is 0 Å². The van der Waals surface area contributed by atoms with Gasteiger partial charge in [-0.3, -0.25) is 0 Å². The van der Waals surface area contributed by atoms with E-state index in [0.29, 0.717) is 12.4 Å². The van der Waals surface area contributed by atoms with Crippen LogP contribution in [0.5, 0.6) is 5.75 Å². The molecule has 1 aromatic heterocycles. The minimum absolute atomic E-state index is 0.175. The molecule has 19 heavy (non-hydrogen) atoms. The molecule has 0 aliphatic carbocycles. The lowest BCUT2D eigenvalue weighted by atomic mass is 10.3. The molecule has 0 spiro atoms. The first-order valence-electron chi connectivity index (χ1n) is 5.77. The maximum absolute atomic E-state index is 11.5. The van der Waals surface area contributed by atoms with Crippen molar-refractivity contribution >= 4 is 21.9 Å². The number of halogens is 1. The van der Waals surface area contributed by atoms with Gasteiger partial charge >= 0.3 is 5.97 Å². The van der Waals surface area contributed by atoms with E-state index in [1.807, 2.05) is 24.3 Å². The third-order valence-electron chi connectivity index (χ3n) is 2.34. The van der Waals surface area contributed by atoms with Crippen molar-refractivity contribution in [1.29, 1.82) is 0 Å². The molecule has 0 radical (unpaired) electrons. The molecule has 0 amide bonds. The third kappa shape index (κ3) is 4.13. The van der Waals surface area contributed by atoms with Crippen LogP contribution >= 0.6 is 15.9 Å². The van der Waals surface area contributed by atoms with Crippen molar-refractivity contribution in [3.63, 3.8) is 0 Å². The molecule has 0 N–H and O–H groups in total. The van der Waals surface area contributed by atoms with Gasteiger partial charge in [0.2, 0.25) is 5.76 Å². The summed E-state index contributed by atoms with van der Waals surface area (Å²) in [5, 5.41) is 0. The van der Waals surface area contributed by atoms with Gasteiger partial charge in [0, 0.05) is 4.47 Å². The topological polar surface area (TPSA) is 48.7 Å². The van der Waals surface area contributed by atoms with Crippen LogP contribution in [0.2, 0.25) is 0 Å². The molecule has 1 heterocycles. The normalized spacial score (nSPS) is 10.2. The maximum Gasteiger partial charge on any atom is 0.374 e. The number of carbonyl (C=O) groups is 1. The van der Waals surface area contributed by atoms with E-state index in [2.05, 4.69) is 15.9 Å². The van der Waals surface area contributed by atoms with E-state index in [1.165, 1.54) is 0 Å². The Balaban J connectivity index is 1.72. The number of aryl methyl sites for hydroxylation is 1. The molecule has 0 unspecified atom stereocenters. The molecule has 5 heteroatoms. The monoisotopic (exact) mass is 324 g/mol. The van der Waals surface area contributed by atoms with Crippen LogP contribution in [-0.4, -0.2) is 19.2 Å². The van der Waals surface area contributed by atoms with E-state index in [-0.39, 0.29) is 12.4 Å². The van der Waals surface area contributed by atoms with Crippen molar-refractivity contribution in [2.75, 3.05) is 13.2 Å². The van der Waals surface area contributed by atoms with Crippen LogP contribution in [0, 0.1) is 6.92 Å². The van der Waals surface area contributed by atoms with Crippen molar-refractivity contribution in [2.24, 2.45) is 0 Å². The number of benzene rings is 1. The quantitative estimate of drug-likeness (QED) is 0.623. The summed E-state index contributed by atoms with van der Waals surface area (Å²) in [6.07, 6.45) is 0. The van der Waals surface area contributed by atoms with E-state index in [0.717, 1.165) is 10.2 Å². The van der Waals surface area contributed by atoms with Crippen LogP contribution in [0.1, 0.15) is 16.3 Å². The number of esters is 1. The van der Waals surface area contributed by atoms with E-state index in [9.17, 15) is 4.79 Å². The maximum atomic E-state index is 11.5. The van der Waals surface area contributed by atoms with Gasteiger partial charge in [-0.15, -0.1) is 0 Å². The van der Waals surface area contributed by atoms with Gasteiger partial charge in [-0.05, 0) is 43.3 Å². The lowest BCUT2D eigenvalue weighted by Gasteiger charge is -2.06. The lowest BCUT2D eigenvalue weighted by molar-refractivity contribution is 0.0413. The Morgan fingerprint density at radius 1 is 1.16 bits per heavy atom. The molecule has 0 aliphatic heterocycles. The standard InChI is InChI=1S/C14H13BrO4/c1-10-2-7-13(19-10)14(16)18-9-8-17-12-5-3-11(15)4-6-12/h2-7H,8-9H2,1H3. The number of rotatable bonds is 5. The Bertz CT molecular complexity index is 545. The Morgan fingerprint density at radius 3 is 2.53 bits per heavy atom. The van der Waals surface area contributed by atoms with E-state index in [1.54, 1.807) is 19.1 Å². The Hall–Kier alpha value is -1.75. The first kappa shape index (κ1) is 13.7. The predicted octanol–water partition coefficient (Wildman–Crippen LogP) is 3.59. The van der Waals surface area contributed by atoms with Crippen LogP contribution < -0.4 is 4.74 Å². The van der Waals surface area contributed by atoms with Gasteiger partial charge in [0.15, 0.2) is 0 Å². The first-order chi connectivity index (χ1) is 9.15. The molecular formula is C14H13BrO4. The van der Waals surface area contributed by atoms with E-state index in [4.69, 9.17) is 13.9 Å². The Kier molecular flexibility index (Phi) is 4.63. The third-order valence-corrected chi connectivity index (χ3v) is 2.87. The number of ether oxygens (including phenoxy) is 2. The van der Waals surface area contributed by atoms with Crippen LogP contribution in [0.4, 0.5) is 0 Å². The molecule has 1 aromatic carbocycles. The van der Waals surface area contributed by atoms with Crippen LogP contribution in [0.15, 0.2) is 45.3 Å². The summed E-state index contributed by atoms with van der Waals surface area (Å²) >= 11 is 3.34. The molecule has 4 nitrogen and oxygen atoms in total. The molecule has 0 saturated heterocycles. The molecular weight excluding hydrogens is 312 g/mol. The second-order valence-electron chi connectivity index (χ2n) is 3.85. The zero-order valence-corrected chi connectivity index (χ0v) is 12.0. The number of hydrogen-bond donors (Lipinski definition) is 0. The van der Waals surface area contributed by atoms with Crippen LogP contribution in [0.3, 0.4) is 0 Å². The minimum Gasteiger partial charge on any atom is -0.490 e. The molecule has 100 valence electrons. The van der Waals surface area contributed by atoms with Gasteiger partial charge in [-0.1, -0.05) is 15.9 Å². The highest BCUT2D eigenvalue weighted by molar-refractivity contribution is 9.10. The highest BCUT2D eigenvalue weighted by atomic mass is 79.9. The average Bonchev–Trinajstić information content (AvgIpc) is 2.83. The fourth-order valence-electron chi connectivity index (χ4n) is 1.44. The molecule has 0 aliphatic rings. The smallest absolute Gasteiger partial charge is 0.374 e. The summed E-state index contributed by atoms with van der Waals surface area (Å²) < 4.78 is 16.6. The van der Waals surface area contributed by atoms with Crippen molar-refractivity contribution < 1.29 is 18.7 Å². The molecule has 0 saturated carbocycles.